The Morgan fingerprint density at radius 2 is 0.909 bits per heavy atom. The van der Waals surface area contributed by atoms with E-state index in [1.54, 1.807) is 0 Å². The largest absolute Gasteiger partial charge is 0.367 e. The smallest absolute Gasteiger partial charge is 0.0952 e. The Morgan fingerprint density at radius 1 is 0.591 bits per heavy atom. The molecule has 0 amide bonds. The summed E-state index contributed by atoms with van der Waals surface area (Å²) in [6, 6.07) is 0. The zero-order valence-corrected chi connectivity index (χ0v) is 15.8. The van der Waals surface area contributed by atoms with Gasteiger partial charge in [0, 0.05) is 20.5 Å². The summed E-state index contributed by atoms with van der Waals surface area (Å²) in [5.41, 5.74) is 0. The van der Waals surface area contributed by atoms with Crippen LogP contribution >= 0.6 is 0 Å². The fourth-order valence-electron chi connectivity index (χ4n) is 2.89. The average molecular weight is 311 g/mol. The monoisotopic (exact) mass is 310 g/mol. The van der Waals surface area contributed by atoms with Crippen LogP contribution in [0.5, 0.6) is 0 Å². The van der Waals surface area contributed by atoms with Gasteiger partial charge in [-0.3, -0.25) is 5.41 Å². The molecule has 0 rings (SSSR count). The molecule has 0 heterocycles. The van der Waals surface area contributed by atoms with Crippen molar-refractivity contribution in [3.63, 3.8) is 0 Å². The normalized spacial score (nSPS) is 10.9. The van der Waals surface area contributed by atoms with Gasteiger partial charge in [0.1, 0.15) is 0 Å². The Hall–Kier alpha value is -0.530. The summed E-state index contributed by atoms with van der Waals surface area (Å²) < 4.78 is 0. The molecule has 0 aliphatic carbocycles. The molecule has 0 fully saturated rings. The zero-order chi connectivity index (χ0) is 16.5. The minimum atomic E-state index is 0.773. The van der Waals surface area contributed by atoms with Crippen molar-refractivity contribution < 1.29 is 0 Å². The van der Waals surface area contributed by atoms with Crippen molar-refractivity contribution in [2.24, 2.45) is 0 Å². The molecular weight excluding hydrogens is 268 g/mol. The van der Waals surface area contributed by atoms with Gasteiger partial charge in [-0.1, -0.05) is 96.8 Å². The van der Waals surface area contributed by atoms with Crippen LogP contribution in [0.1, 0.15) is 110 Å². The molecule has 0 aromatic carbocycles. The summed E-state index contributed by atoms with van der Waals surface area (Å²) in [6.07, 6.45) is 22.0. The van der Waals surface area contributed by atoms with Crippen molar-refractivity contribution in [1.29, 1.82) is 5.41 Å². The first kappa shape index (κ1) is 21.5. The van der Waals surface area contributed by atoms with Crippen molar-refractivity contribution in [3.05, 3.63) is 0 Å². The number of hydrogen-bond acceptors (Lipinski definition) is 1. The minimum Gasteiger partial charge on any atom is -0.367 e. The highest BCUT2D eigenvalue weighted by Crippen LogP contribution is 2.13. The standard InChI is InChI=1S/C20H42N2/c1-4-5-6-7-8-9-10-11-12-13-14-15-16-17-18-19-20(21)22(2)3/h21H,4-19H2,1-3H3. The van der Waals surface area contributed by atoms with Gasteiger partial charge in [-0.25, -0.2) is 0 Å². The van der Waals surface area contributed by atoms with Crippen LogP contribution in [0, 0.1) is 5.41 Å². The van der Waals surface area contributed by atoms with Gasteiger partial charge in [0.25, 0.3) is 0 Å². The highest BCUT2D eigenvalue weighted by molar-refractivity contribution is 5.78. The molecule has 1 N–H and O–H groups in total. The lowest BCUT2D eigenvalue weighted by atomic mass is 10.0. The summed E-state index contributed by atoms with van der Waals surface area (Å²) in [5.74, 6) is 0.773. The molecule has 0 aliphatic rings. The Morgan fingerprint density at radius 3 is 1.23 bits per heavy atom. The Balaban J connectivity index is 3.04. The molecule has 0 aromatic rings. The third-order valence-corrected chi connectivity index (χ3v) is 4.56. The van der Waals surface area contributed by atoms with Crippen LogP contribution in [0.2, 0.25) is 0 Å². The quantitative estimate of drug-likeness (QED) is 0.190. The van der Waals surface area contributed by atoms with E-state index in [1.807, 2.05) is 19.0 Å². The number of nitrogens with zero attached hydrogens (tertiary/aromatic N) is 1. The first-order valence-corrected chi connectivity index (χ1v) is 9.93. The lowest BCUT2D eigenvalue weighted by Crippen LogP contribution is -2.20. The molecule has 0 aliphatic heterocycles. The molecular formula is C20H42N2. The van der Waals surface area contributed by atoms with E-state index in [1.165, 1.54) is 96.3 Å². The molecule has 0 spiro atoms. The predicted octanol–water partition coefficient (Wildman–Crippen LogP) is 6.79. The van der Waals surface area contributed by atoms with Crippen molar-refractivity contribution in [1.82, 2.24) is 4.90 Å². The number of rotatable bonds is 16. The Bertz CT molecular complexity index is 236. The van der Waals surface area contributed by atoms with Crippen LogP contribution in [-0.2, 0) is 0 Å². The molecule has 22 heavy (non-hydrogen) atoms. The summed E-state index contributed by atoms with van der Waals surface area (Å²) in [6.45, 7) is 2.29. The molecule has 0 bridgehead atoms. The maximum Gasteiger partial charge on any atom is 0.0952 e. The lowest BCUT2D eigenvalue weighted by molar-refractivity contribution is 0.530. The van der Waals surface area contributed by atoms with E-state index in [4.69, 9.17) is 5.41 Å². The number of amidine groups is 1. The molecule has 2 nitrogen and oxygen atoms in total. The van der Waals surface area contributed by atoms with Gasteiger partial charge >= 0.3 is 0 Å². The van der Waals surface area contributed by atoms with Gasteiger partial charge in [-0.05, 0) is 6.42 Å². The molecule has 2 heteroatoms. The molecule has 0 radical (unpaired) electrons. The molecule has 0 atom stereocenters. The summed E-state index contributed by atoms with van der Waals surface area (Å²) >= 11 is 0. The van der Waals surface area contributed by atoms with Gasteiger partial charge in [-0.15, -0.1) is 0 Å². The maximum atomic E-state index is 7.74. The van der Waals surface area contributed by atoms with Gasteiger partial charge in [0.2, 0.25) is 0 Å². The number of hydrogen-bond donors (Lipinski definition) is 1. The fraction of sp³-hybridized carbons (Fsp3) is 0.950. The first-order valence-electron chi connectivity index (χ1n) is 9.93. The highest BCUT2D eigenvalue weighted by atomic mass is 15.1. The number of nitrogens with one attached hydrogen (secondary N) is 1. The van der Waals surface area contributed by atoms with Crippen LogP contribution in [0.3, 0.4) is 0 Å². The van der Waals surface area contributed by atoms with Crippen LogP contribution < -0.4 is 0 Å². The second-order valence-electron chi connectivity index (χ2n) is 7.04. The van der Waals surface area contributed by atoms with Crippen molar-refractivity contribution in [2.75, 3.05) is 14.1 Å². The van der Waals surface area contributed by atoms with Crippen molar-refractivity contribution in [3.8, 4) is 0 Å². The maximum absolute atomic E-state index is 7.74. The summed E-state index contributed by atoms with van der Waals surface area (Å²) in [7, 11) is 3.93. The number of unbranched alkanes of at least 4 members (excludes halogenated alkanes) is 14. The van der Waals surface area contributed by atoms with Crippen LogP contribution in [-0.4, -0.2) is 24.8 Å². The molecule has 0 saturated carbocycles. The van der Waals surface area contributed by atoms with E-state index < -0.39 is 0 Å². The van der Waals surface area contributed by atoms with E-state index in [-0.39, 0.29) is 0 Å². The molecule has 0 aromatic heterocycles. The fourth-order valence-corrected chi connectivity index (χ4v) is 2.89. The van der Waals surface area contributed by atoms with Crippen LogP contribution in [0.25, 0.3) is 0 Å². The highest BCUT2D eigenvalue weighted by Gasteiger charge is 1.98. The van der Waals surface area contributed by atoms with Crippen molar-refractivity contribution in [2.45, 2.75) is 110 Å². The van der Waals surface area contributed by atoms with Crippen LogP contribution in [0.15, 0.2) is 0 Å². The molecule has 0 unspecified atom stereocenters. The van der Waals surface area contributed by atoms with Gasteiger partial charge in [-0.2, -0.15) is 0 Å². The predicted molar refractivity (Wildman–Crippen MR) is 101 cm³/mol. The topological polar surface area (TPSA) is 27.1 Å². The van der Waals surface area contributed by atoms with Gasteiger partial charge in [0.05, 0.1) is 5.84 Å². The lowest BCUT2D eigenvalue weighted by Gasteiger charge is -2.12. The van der Waals surface area contributed by atoms with Gasteiger partial charge in [0.15, 0.2) is 0 Å². The van der Waals surface area contributed by atoms with E-state index in [2.05, 4.69) is 6.92 Å². The molecule has 132 valence electrons. The van der Waals surface area contributed by atoms with E-state index in [0.717, 1.165) is 12.3 Å². The second kappa shape index (κ2) is 16.8. The average Bonchev–Trinajstić information content (AvgIpc) is 2.50. The zero-order valence-electron chi connectivity index (χ0n) is 15.8. The van der Waals surface area contributed by atoms with E-state index >= 15 is 0 Å². The van der Waals surface area contributed by atoms with Gasteiger partial charge < -0.3 is 4.90 Å². The van der Waals surface area contributed by atoms with Crippen molar-refractivity contribution >= 4 is 5.84 Å². The summed E-state index contributed by atoms with van der Waals surface area (Å²) in [4.78, 5) is 1.92. The van der Waals surface area contributed by atoms with E-state index in [0.29, 0.717) is 0 Å². The Labute approximate surface area is 140 Å². The Kier molecular flexibility index (Phi) is 16.4. The van der Waals surface area contributed by atoms with Crippen LogP contribution in [0.4, 0.5) is 0 Å². The third kappa shape index (κ3) is 15.9. The summed E-state index contributed by atoms with van der Waals surface area (Å²) in [5, 5.41) is 7.74. The third-order valence-electron chi connectivity index (χ3n) is 4.56. The van der Waals surface area contributed by atoms with E-state index in [9.17, 15) is 0 Å². The first-order chi connectivity index (χ1) is 10.7. The second-order valence-corrected chi connectivity index (χ2v) is 7.04. The minimum absolute atomic E-state index is 0.773. The molecule has 0 saturated heterocycles. The SMILES string of the molecule is CCCCCCCCCCCCCCCCCC(=N)N(C)C.